The van der Waals surface area contributed by atoms with Crippen LogP contribution in [0.1, 0.15) is 36.0 Å². The number of aromatic amines is 1. The summed E-state index contributed by atoms with van der Waals surface area (Å²) >= 11 is 0. The molecule has 2 heterocycles. The van der Waals surface area contributed by atoms with Crippen molar-refractivity contribution < 1.29 is 9.18 Å². The molecule has 22 heavy (non-hydrogen) atoms. The van der Waals surface area contributed by atoms with Gasteiger partial charge in [0.05, 0.1) is 6.42 Å². The fourth-order valence-electron chi connectivity index (χ4n) is 2.87. The van der Waals surface area contributed by atoms with Crippen LogP contribution in [0.5, 0.6) is 0 Å². The summed E-state index contributed by atoms with van der Waals surface area (Å²) in [7, 11) is 0. The van der Waals surface area contributed by atoms with Crippen molar-refractivity contribution in [3.8, 4) is 0 Å². The van der Waals surface area contributed by atoms with Gasteiger partial charge in [-0.05, 0) is 31.4 Å². The Kier molecular flexibility index (Phi) is 4.18. The van der Waals surface area contributed by atoms with Crippen LogP contribution in [0.2, 0.25) is 0 Å². The Labute approximate surface area is 128 Å². The first kappa shape index (κ1) is 14.7. The second kappa shape index (κ2) is 6.25. The lowest BCUT2D eigenvalue weighted by Crippen LogP contribution is -2.40. The topological polar surface area (TPSA) is 61.9 Å². The summed E-state index contributed by atoms with van der Waals surface area (Å²) in [6.45, 7) is 3.18. The smallest absolute Gasteiger partial charge is 0.227 e. The molecule has 5 nitrogen and oxygen atoms in total. The predicted molar refractivity (Wildman–Crippen MR) is 79.8 cm³/mol. The Morgan fingerprint density at radius 3 is 3.00 bits per heavy atom. The number of nitrogens with one attached hydrogen (secondary N) is 1. The van der Waals surface area contributed by atoms with Gasteiger partial charge in [0.2, 0.25) is 5.91 Å². The van der Waals surface area contributed by atoms with Crippen LogP contribution in [-0.2, 0) is 11.2 Å². The number of amides is 1. The number of carbonyl (C=O) groups excluding carboxylic acids is 1. The largest absolute Gasteiger partial charge is 0.342 e. The van der Waals surface area contributed by atoms with Crippen LogP contribution in [0, 0.1) is 12.7 Å². The fraction of sp³-hybridized carbons (Fsp3) is 0.438. The molecule has 0 radical (unpaired) electrons. The van der Waals surface area contributed by atoms with Gasteiger partial charge in [0, 0.05) is 19.0 Å². The quantitative estimate of drug-likeness (QED) is 0.945. The molecule has 116 valence electrons. The third kappa shape index (κ3) is 3.16. The SMILES string of the molecule is Cc1nc([C@H]2CCCN(C(=O)Cc3ccccc3F)C2)n[nH]1. The lowest BCUT2D eigenvalue weighted by Gasteiger charge is -2.31. The Morgan fingerprint density at radius 1 is 1.45 bits per heavy atom. The summed E-state index contributed by atoms with van der Waals surface area (Å²) in [6.07, 6.45) is 1.99. The second-order valence-corrected chi connectivity index (χ2v) is 5.73. The molecule has 6 heteroatoms. The molecule has 1 N–H and O–H groups in total. The normalized spacial score (nSPS) is 18.5. The van der Waals surface area contributed by atoms with Gasteiger partial charge in [-0.2, -0.15) is 5.10 Å². The van der Waals surface area contributed by atoms with Crippen LogP contribution >= 0.6 is 0 Å². The highest BCUT2D eigenvalue weighted by molar-refractivity contribution is 5.79. The maximum atomic E-state index is 13.7. The second-order valence-electron chi connectivity index (χ2n) is 5.73. The molecule has 1 amide bonds. The van der Waals surface area contributed by atoms with Crippen LogP contribution in [0.3, 0.4) is 0 Å². The van der Waals surface area contributed by atoms with Crippen LogP contribution < -0.4 is 0 Å². The van der Waals surface area contributed by atoms with E-state index in [9.17, 15) is 9.18 Å². The maximum Gasteiger partial charge on any atom is 0.227 e. The minimum atomic E-state index is -0.325. The molecular formula is C16H19FN4O. The molecule has 0 bridgehead atoms. The van der Waals surface area contributed by atoms with Crippen molar-refractivity contribution in [1.82, 2.24) is 20.1 Å². The molecular weight excluding hydrogens is 283 g/mol. The Bertz CT molecular complexity index is 670. The zero-order valence-corrected chi connectivity index (χ0v) is 12.6. The number of H-pyrrole nitrogens is 1. The molecule has 0 spiro atoms. The van der Waals surface area contributed by atoms with Gasteiger partial charge in [-0.3, -0.25) is 9.89 Å². The highest BCUT2D eigenvalue weighted by Gasteiger charge is 2.27. The number of piperidine rings is 1. The number of likely N-dealkylation sites (tertiary alicyclic amines) is 1. The van der Waals surface area contributed by atoms with E-state index >= 15 is 0 Å². The van der Waals surface area contributed by atoms with Gasteiger partial charge < -0.3 is 4.90 Å². The van der Waals surface area contributed by atoms with Crippen molar-refractivity contribution in [3.05, 3.63) is 47.3 Å². The van der Waals surface area contributed by atoms with Crippen LogP contribution in [0.15, 0.2) is 24.3 Å². The van der Waals surface area contributed by atoms with Gasteiger partial charge in [0.15, 0.2) is 5.82 Å². The third-order valence-electron chi connectivity index (χ3n) is 4.05. The fourth-order valence-corrected chi connectivity index (χ4v) is 2.87. The number of hydrogen-bond acceptors (Lipinski definition) is 3. The first-order chi connectivity index (χ1) is 10.6. The van der Waals surface area contributed by atoms with Crippen LogP contribution in [0.25, 0.3) is 0 Å². The zero-order valence-electron chi connectivity index (χ0n) is 12.6. The number of aromatic nitrogens is 3. The highest BCUT2D eigenvalue weighted by Crippen LogP contribution is 2.25. The number of aryl methyl sites for hydroxylation is 1. The van der Waals surface area contributed by atoms with E-state index in [1.807, 2.05) is 6.92 Å². The molecule has 0 aliphatic carbocycles. The Balaban J connectivity index is 1.66. The third-order valence-corrected chi connectivity index (χ3v) is 4.05. The molecule has 2 aromatic rings. The lowest BCUT2D eigenvalue weighted by molar-refractivity contribution is -0.131. The molecule has 1 aliphatic heterocycles. The van der Waals surface area contributed by atoms with E-state index in [1.54, 1.807) is 23.1 Å². The zero-order chi connectivity index (χ0) is 15.5. The summed E-state index contributed by atoms with van der Waals surface area (Å²) in [5, 5.41) is 7.04. The van der Waals surface area contributed by atoms with Crippen molar-refractivity contribution in [2.24, 2.45) is 0 Å². The van der Waals surface area contributed by atoms with Gasteiger partial charge in [0.1, 0.15) is 11.6 Å². The van der Waals surface area contributed by atoms with E-state index < -0.39 is 0 Å². The Morgan fingerprint density at radius 2 is 2.27 bits per heavy atom. The lowest BCUT2D eigenvalue weighted by atomic mass is 9.96. The van der Waals surface area contributed by atoms with Gasteiger partial charge in [-0.25, -0.2) is 9.37 Å². The van der Waals surface area contributed by atoms with Crippen LogP contribution in [-0.4, -0.2) is 39.1 Å². The molecule has 0 unspecified atom stereocenters. The molecule has 1 fully saturated rings. The van der Waals surface area contributed by atoms with E-state index in [0.29, 0.717) is 18.7 Å². The number of carbonyl (C=O) groups is 1. The summed E-state index contributed by atoms with van der Waals surface area (Å²) < 4.78 is 13.7. The number of halogens is 1. The molecule has 1 aromatic carbocycles. The van der Waals surface area contributed by atoms with Crippen molar-refractivity contribution >= 4 is 5.91 Å². The monoisotopic (exact) mass is 302 g/mol. The van der Waals surface area contributed by atoms with Gasteiger partial charge in [-0.1, -0.05) is 18.2 Å². The first-order valence-electron chi connectivity index (χ1n) is 7.53. The van der Waals surface area contributed by atoms with Crippen molar-refractivity contribution in [2.75, 3.05) is 13.1 Å². The van der Waals surface area contributed by atoms with E-state index in [0.717, 1.165) is 24.5 Å². The molecule has 0 saturated carbocycles. The number of benzene rings is 1. The summed E-state index contributed by atoms with van der Waals surface area (Å²) in [6, 6.07) is 6.43. The molecule has 1 atom stereocenters. The number of hydrogen-bond donors (Lipinski definition) is 1. The van der Waals surface area contributed by atoms with E-state index in [2.05, 4.69) is 15.2 Å². The minimum absolute atomic E-state index is 0.0398. The molecule has 1 aliphatic rings. The Hall–Kier alpha value is -2.24. The molecule has 1 saturated heterocycles. The standard InChI is InChI=1S/C16H19FN4O/c1-11-18-16(20-19-11)13-6-4-8-21(10-13)15(22)9-12-5-2-3-7-14(12)17/h2-3,5,7,13H,4,6,8-10H2,1H3,(H,18,19,20)/t13-/m0/s1. The van der Waals surface area contributed by atoms with Crippen molar-refractivity contribution in [2.45, 2.75) is 32.1 Å². The van der Waals surface area contributed by atoms with E-state index in [-0.39, 0.29) is 24.1 Å². The van der Waals surface area contributed by atoms with E-state index in [4.69, 9.17) is 0 Å². The summed E-state index contributed by atoms with van der Waals surface area (Å²) in [4.78, 5) is 18.6. The molecule has 3 rings (SSSR count). The van der Waals surface area contributed by atoms with Gasteiger partial charge in [0.25, 0.3) is 0 Å². The molecule has 1 aromatic heterocycles. The van der Waals surface area contributed by atoms with Crippen molar-refractivity contribution in [1.29, 1.82) is 0 Å². The first-order valence-corrected chi connectivity index (χ1v) is 7.53. The summed E-state index contributed by atoms with van der Waals surface area (Å²) in [5.41, 5.74) is 0.448. The van der Waals surface area contributed by atoms with Gasteiger partial charge in [-0.15, -0.1) is 0 Å². The number of nitrogens with zero attached hydrogens (tertiary/aromatic N) is 3. The average Bonchev–Trinajstić information content (AvgIpc) is 2.96. The number of rotatable bonds is 3. The van der Waals surface area contributed by atoms with Gasteiger partial charge >= 0.3 is 0 Å². The maximum absolute atomic E-state index is 13.7. The highest BCUT2D eigenvalue weighted by atomic mass is 19.1. The minimum Gasteiger partial charge on any atom is -0.342 e. The summed E-state index contributed by atoms with van der Waals surface area (Å²) in [5.74, 6) is 1.34. The van der Waals surface area contributed by atoms with Crippen molar-refractivity contribution in [3.63, 3.8) is 0 Å². The van der Waals surface area contributed by atoms with Crippen LogP contribution in [0.4, 0.5) is 4.39 Å². The average molecular weight is 302 g/mol. The predicted octanol–water partition coefficient (Wildman–Crippen LogP) is 2.20. The van der Waals surface area contributed by atoms with E-state index in [1.165, 1.54) is 6.07 Å².